The van der Waals surface area contributed by atoms with E-state index in [1.165, 1.54) is 0 Å². The Morgan fingerprint density at radius 1 is 1.39 bits per heavy atom. The first-order valence-corrected chi connectivity index (χ1v) is 7.17. The van der Waals surface area contributed by atoms with Crippen LogP contribution in [-0.2, 0) is 9.47 Å². The SMILES string of the molecule is CCC(C)C(N)C1OC1NCCN1CCOCC1. The van der Waals surface area contributed by atoms with E-state index in [1.807, 2.05) is 0 Å². The number of hydrogen-bond donors (Lipinski definition) is 2. The van der Waals surface area contributed by atoms with Gasteiger partial charge in [0.15, 0.2) is 0 Å². The normalized spacial score (nSPS) is 32.2. The van der Waals surface area contributed by atoms with Gasteiger partial charge < -0.3 is 15.2 Å². The third-order valence-corrected chi connectivity index (χ3v) is 4.08. The predicted octanol–water partition coefficient (Wildman–Crippen LogP) is 0.00650. The average Bonchev–Trinajstić information content (AvgIpc) is 3.18. The molecule has 0 amide bonds. The van der Waals surface area contributed by atoms with Crippen LogP contribution < -0.4 is 11.1 Å². The second kappa shape index (κ2) is 6.82. The minimum Gasteiger partial charge on any atom is -0.379 e. The van der Waals surface area contributed by atoms with Gasteiger partial charge >= 0.3 is 0 Å². The predicted molar refractivity (Wildman–Crippen MR) is 71.4 cm³/mol. The smallest absolute Gasteiger partial charge is 0.136 e. The Labute approximate surface area is 110 Å². The molecule has 5 nitrogen and oxygen atoms in total. The molecule has 0 spiro atoms. The Hall–Kier alpha value is -0.200. The Bertz CT molecular complexity index is 246. The van der Waals surface area contributed by atoms with Crippen molar-refractivity contribution >= 4 is 0 Å². The van der Waals surface area contributed by atoms with Gasteiger partial charge in [0.2, 0.25) is 0 Å². The molecule has 2 heterocycles. The molecule has 2 fully saturated rings. The maximum atomic E-state index is 6.15. The molecule has 4 unspecified atom stereocenters. The van der Waals surface area contributed by atoms with Gasteiger partial charge in [0.25, 0.3) is 0 Å². The number of nitrogens with zero attached hydrogens (tertiary/aromatic N) is 1. The molecule has 2 saturated heterocycles. The summed E-state index contributed by atoms with van der Waals surface area (Å²) in [5.41, 5.74) is 6.15. The number of nitrogens with two attached hydrogens (primary N) is 1. The second-order valence-electron chi connectivity index (χ2n) is 5.39. The lowest BCUT2D eigenvalue weighted by atomic mass is 9.97. The lowest BCUT2D eigenvalue weighted by Crippen LogP contribution is -2.42. The fourth-order valence-corrected chi connectivity index (χ4v) is 2.37. The van der Waals surface area contributed by atoms with E-state index >= 15 is 0 Å². The number of epoxide rings is 1. The minimum absolute atomic E-state index is 0.163. The monoisotopic (exact) mass is 257 g/mol. The zero-order valence-electron chi connectivity index (χ0n) is 11.6. The number of morpholine rings is 1. The molecule has 0 aliphatic carbocycles. The van der Waals surface area contributed by atoms with Gasteiger partial charge in [0.1, 0.15) is 12.3 Å². The summed E-state index contributed by atoms with van der Waals surface area (Å²) < 4.78 is 10.9. The Morgan fingerprint density at radius 3 is 2.78 bits per heavy atom. The largest absolute Gasteiger partial charge is 0.379 e. The van der Waals surface area contributed by atoms with E-state index in [4.69, 9.17) is 15.2 Å². The van der Waals surface area contributed by atoms with Gasteiger partial charge in [-0.15, -0.1) is 0 Å². The van der Waals surface area contributed by atoms with Crippen molar-refractivity contribution in [3.8, 4) is 0 Å². The highest BCUT2D eigenvalue weighted by molar-refractivity contribution is 4.93. The van der Waals surface area contributed by atoms with E-state index in [2.05, 4.69) is 24.1 Å². The van der Waals surface area contributed by atoms with Crippen LogP contribution in [0, 0.1) is 5.92 Å². The molecule has 3 N–H and O–H groups in total. The van der Waals surface area contributed by atoms with Crippen molar-refractivity contribution in [2.24, 2.45) is 11.7 Å². The summed E-state index contributed by atoms with van der Waals surface area (Å²) >= 11 is 0. The summed E-state index contributed by atoms with van der Waals surface area (Å²) in [5.74, 6) is 0.529. The first-order valence-electron chi connectivity index (χ1n) is 7.17. The molecule has 0 saturated carbocycles. The van der Waals surface area contributed by atoms with Crippen molar-refractivity contribution in [1.29, 1.82) is 0 Å². The fraction of sp³-hybridized carbons (Fsp3) is 1.00. The molecule has 5 heteroatoms. The summed E-state index contributed by atoms with van der Waals surface area (Å²) in [6, 6.07) is 0.163. The van der Waals surface area contributed by atoms with E-state index in [1.54, 1.807) is 0 Å². The Kier molecular flexibility index (Phi) is 5.38. The van der Waals surface area contributed by atoms with Gasteiger partial charge in [0.05, 0.1) is 13.2 Å². The van der Waals surface area contributed by atoms with Crippen molar-refractivity contribution in [3.05, 3.63) is 0 Å². The first-order chi connectivity index (χ1) is 8.72. The molecule has 0 aromatic carbocycles. The van der Waals surface area contributed by atoms with Gasteiger partial charge in [0, 0.05) is 32.2 Å². The molecule has 2 aliphatic heterocycles. The average molecular weight is 257 g/mol. The third-order valence-electron chi connectivity index (χ3n) is 4.08. The van der Waals surface area contributed by atoms with Crippen molar-refractivity contribution in [3.63, 3.8) is 0 Å². The maximum absolute atomic E-state index is 6.15. The van der Waals surface area contributed by atoms with Gasteiger partial charge in [-0.1, -0.05) is 20.3 Å². The summed E-state index contributed by atoms with van der Waals surface area (Å²) in [6.45, 7) is 10.2. The minimum atomic E-state index is 0.163. The third kappa shape index (κ3) is 3.90. The summed E-state index contributed by atoms with van der Waals surface area (Å²) in [6.07, 6.45) is 1.50. The first kappa shape index (κ1) is 14.2. The van der Waals surface area contributed by atoms with Crippen LogP contribution in [-0.4, -0.2) is 62.7 Å². The van der Waals surface area contributed by atoms with Gasteiger partial charge in [-0.2, -0.15) is 0 Å². The summed E-state index contributed by atoms with van der Waals surface area (Å²) in [5, 5.41) is 3.43. The Balaban J connectivity index is 1.56. The van der Waals surface area contributed by atoms with Crippen LogP contribution in [0.2, 0.25) is 0 Å². The van der Waals surface area contributed by atoms with Crippen molar-refractivity contribution < 1.29 is 9.47 Å². The van der Waals surface area contributed by atoms with Crippen LogP contribution >= 0.6 is 0 Å². The van der Waals surface area contributed by atoms with E-state index in [-0.39, 0.29) is 18.4 Å². The molecule has 4 atom stereocenters. The lowest BCUT2D eigenvalue weighted by molar-refractivity contribution is 0.0381. The van der Waals surface area contributed by atoms with Crippen LogP contribution in [0.5, 0.6) is 0 Å². The van der Waals surface area contributed by atoms with Gasteiger partial charge in [-0.25, -0.2) is 0 Å². The van der Waals surface area contributed by atoms with Gasteiger partial charge in [-0.05, 0) is 5.92 Å². The standard InChI is InChI=1S/C13H27N3O2/c1-3-10(2)11(14)12-13(18-12)15-4-5-16-6-8-17-9-7-16/h10-13,15H,3-9,14H2,1-2H3. The fourth-order valence-electron chi connectivity index (χ4n) is 2.37. The molecule has 0 aromatic heterocycles. The van der Waals surface area contributed by atoms with Crippen LogP contribution in [0.15, 0.2) is 0 Å². The second-order valence-corrected chi connectivity index (χ2v) is 5.39. The molecule has 2 aliphatic rings. The quantitative estimate of drug-likeness (QED) is 0.629. The maximum Gasteiger partial charge on any atom is 0.136 e. The topological polar surface area (TPSA) is 63.0 Å². The summed E-state index contributed by atoms with van der Waals surface area (Å²) in [7, 11) is 0. The van der Waals surface area contributed by atoms with E-state index in [9.17, 15) is 0 Å². The molecule has 18 heavy (non-hydrogen) atoms. The summed E-state index contributed by atoms with van der Waals surface area (Å²) in [4.78, 5) is 2.42. The highest BCUT2D eigenvalue weighted by Crippen LogP contribution is 2.26. The van der Waals surface area contributed by atoms with Crippen molar-refractivity contribution in [2.75, 3.05) is 39.4 Å². The molecular weight excluding hydrogens is 230 g/mol. The van der Waals surface area contributed by atoms with E-state index in [0.29, 0.717) is 5.92 Å². The number of hydrogen-bond acceptors (Lipinski definition) is 5. The Morgan fingerprint density at radius 2 is 2.11 bits per heavy atom. The molecule has 2 rings (SSSR count). The van der Waals surface area contributed by atoms with Crippen LogP contribution in [0.25, 0.3) is 0 Å². The molecule has 0 aromatic rings. The van der Waals surface area contributed by atoms with E-state index < -0.39 is 0 Å². The lowest BCUT2D eigenvalue weighted by Gasteiger charge is -2.26. The number of nitrogens with one attached hydrogen (secondary N) is 1. The molecule has 0 bridgehead atoms. The van der Waals surface area contributed by atoms with Crippen molar-refractivity contribution in [2.45, 2.75) is 38.6 Å². The zero-order valence-corrected chi connectivity index (χ0v) is 11.6. The van der Waals surface area contributed by atoms with E-state index in [0.717, 1.165) is 45.8 Å². The van der Waals surface area contributed by atoms with Crippen molar-refractivity contribution in [1.82, 2.24) is 10.2 Å². The van der Waals surface area contributed by atoms with Crippen LogP contribution in [0.1, 0.15) is 20.3 Å². The molecule has 106 valence electrons. The van der Waals surface area contributed by atoms with Crippen LogP contribution in [0.4, 0.5) is 0 Å². The highest BCUT2D eigenvalue weighted by atomic mass is 16.6. The highest BCUT2D eigenvalue weighted by Gasteiger charge is 2.44. The van der Waals surface area contributed by atoms with Gasteiger partial charge in [-0.3, -0.25) is 10.2 Å². The van der Waals surface area contributed by atoms with Crippen LogP contribution in [0.3, 0.4) is 0 Å². The number of rotatable bonds is 7. The molecule has 0 radical (unpaired) electrons. The number of ether oxygens (including phenoxy) is 2. The zero-order chi connectivity index (χ0) is 13.0. The molecular formula is C13H27N3O2.